The molecule has 0 spiro atoms. The molecule has 4 rings (SSSR count). The summed E-state index contributed by atoms with van der Waals surface area (Å²) in [6, 6.07) is 4.64. The Morgan fingerprint density at radius 1 is 1.19 bits per heavy atom. The maximum absolute atomic E-state index is 6.51. The van der Waals surface area contributed by atoms with Crippen molar-refractivity contribution >= 4 is 55.8 Å². The van der Waals surface area contributed by atoms with E-state index >= 15 is 0 Å². The van der Waals surface area contributed by atoms with Crippen molar-refractivity contribution in [2.75, 3.05) is 61.4 Å². The van der Waals surface area contributed by atoms with Gasteiger partial charge in [0.1, 0.15) is 16.7 Å². The van der Waals surface area contributed by atoms with E-state index in [4.69, 9.17) is 11.6 Å². The number of piperazine rings is 1. The summed E-state index contributed by atoms with van der Waals surface area (Å²) >= 11 is 10.0. The topological polar surface area (TPSA) is 76.2 Å². The van der Waals surface area contributed by atoms with Crippen LogP contribution in [-0.4, -0.2) is 77.4 Å². The second-order valence-corrected chi connectivity index (χ2v) is 9.74. The minimum atomic E-state index is 0.530. The van der Waals surface area contributed by atoms with Crippen LogP contribution in [0.5, 0.6) is 0 Å². The predicted molar refractivity (Wildman–Crippen MR) is 136 cm³/mol. The monoisotopic (exact) mass is 520 g/mol. The molecule has 3 aromatic rings. The van der Waals surface area contributed by atoms with Crippen LogP contribution in [0.15, 0.2) is 23.1 Å². The molecule has 2 N–H and O–H groups in total. The van der Waals surface area contributed by atoms with Gasteiger partial charge in [0.25, 0.3) is 0 Å². The molecule has 1 fully saturated rings. The fourth-order valence-corrected chi connectivity index (χ4v) is 4.66. The molecule has 3 heterocycles. The van der Waals surface area contributed by atoms with Gasteiger partial charge in [-0.3, -0.25) is 5.10 Å². The highest BCUT2D eigenvalue weighted by molar-refractivity contribution is 9.10. The first kappa shape index (κ1) is 23.1. The van der Waals surface area contributed by atoms with Gasteiger partial charge in [-0.1, -0.05) is 11.6 Å². The molecule has 8 nitrogen and oxygen atoms in total. The third kappa shape index (κ3) is 4.79. The number of anilines is 3. The molecule has 0 radical (unpaired) electrons. The van der Waals surface area contributed by atoms with Gasteiger partial charge in [-0.05, 0) is 61.4 Å². The summed E-state index contributed by atoms with van der Waals surface area (Å²) in [7, 11) is 2.15. The third-order valence-corrected chi connectivity index (χ3v) is 7.01. The normalized spacial score (nSPS) is 14.8. The van der Waals surface area contributed by atoms with Gasteiger partial charge >= 0.3 is 0 Å². The number of benzene rings is 1. The zero-order chi connectivity index (χ0) is 22.8. The van der Waals surface area contributed by atoms with Crippen LogP contribution in [0.4, 0.5) is 17.2 Å². The largest absolute Gasteiger partial charge is 0.383 e. The van der Waals surface area contributed by atoms with Crippen LogP contribution < -0.4 is 15.1 Å². The van der Waals surface area contributed by atoms with E-state index in [1.165, 1.54) is 11.3 Å². The van der Waals surface area contributed by atoms with Crippen molar-refractivity contribution in [2.24, 2.45) is 0 Å². The highest BCUT2D eigenvalue weighted by atomic mass is 79.9. The molecule has 10 heteroatoms. The van der Waals surface area contributed by atoms with Crippen LogP contribution in [0.2, 0.25) is 5.02 Å². The molecular weight excluding hydrogens is 492 g/mol. The van der Waals surface area contributed by atoms with Crippen molar-refractivity contribution in [2.45, 2.75) is 26.8 Å². The number of aromatic nitrogens is 4. The molecule has 0 amide bonds. The lowest BCUT2D eigenvalue weighted by Gasteiger charge is -2.38. The number of nitrogens with zero attached hydrogens (tertiary/aromatic N) is 6. The van der Waals surface area contributed by atoms with Crippen LogP contribution in [-0.2, 0) is 0 Å². The van der Waals surface area contributed by atoms with Gasteiger partial charge in [0.2, 0.25) is 0 Å². The average molecular weight is 522 g/mol. The number of hydrogen-bond donors (Lipinski definition) is 2. The van der Waals surface area contributed by atoms with Crippen molar-refractivity contribution in [3.05, 3.63) is 33.6 Å². The van der Waals surface area contributed by atoms with Crippen molar-refractivity contribution in [1.82, 2.24) is 25.1 Å². The predicted octanol–water partition coefficient (Wildman–Crippen LogP) is 4.16. The molecule has 0 aliphatic carbocycles. The lowest BCUT2D eigenvalue weighted by atomic mass is 10.1. The van der Waals surface area contributed by atoms with Crippen LogP contribution in [0.1, 0.15) is 19.4 Å². The molecular formula is C22H30BrClN8. The summed E-state index contributed by atoms with van der Waals surface area (Å²) in [4.78, 5) is 15.8. The Morgan fingerprint density at radius 3 is 2.62 bits per heavy atom. The van der Waals surface area contributed by atoms with E-state index < -0.39 is 0 Å². The standard InChI is InChI=1S/C22H30BrClN8/c1-14(2)30(4)6-5-25-17-11-16(24)12-18(15(17)3)31-7-9-32(10-8-31)22-19-20(23)28-29-21(19)26-13-27-22/h11-14,25H,5-10H2,1-4H3,(H,26,27,28,29). The minimum absolute atomic E-state index is 0.530. The van der Waals surface area contributed by atoms with E-state index in [1.807, 2.05) is 6.07 Å². The van der Waals surface area contributed by atoms with Gasteiger partial charge in [0.05, 0.1) is 5.39 Å². The fourth-order valence-electron chi connectivity index (χ4n) is 4.01. The zero-order valence-corrected chi connectivity index (χ0v) is 21.3. The Kier molecular flexibility index (Phi) is 7.07. The molecule has 0 atom stereocenters. The van der Waals surface area contributed by atoms with Crippen molar-refractivity contribution in [1.29, 1.82) is 0 Å². The summed E-state index contributed by atoms with van der Waals surface area (Å²) in [5, 5.41) is 12.4. The van der Waals surface area contributed by atoms with E-state index in [0.29, 0.717) is 11.7 Å². The van der Waals surface area contributed by atoms with Crippen LogP contribution in [0.3, 0.4) is 0 Å². The Bertz CT molecular complexity index is 1080. The van der Waals surface area contributed by atoms with Crippen LogP contribution >= 0.6 is 27.5 Å². The van der Waals surface area contributed by atoms with Gasteiger partial charge < -0.3 is 20.0 Å². The molecule has 1 aliphatic heterocycles. The van der Waals surface area contributed by atoms with Gasteiger partial charge in [-0.2, -0.15) is 5.10 Å². The summed E-state index contributed by atoms with van der Waals surface area (Å²) in [6.45, 7) is 11.9. The first-order valence-electron chi connectivity index (χ1n) is 10.9. The number of likely N-dealkylation sites (N-methyl/N-ethyl adjacent to an activating group) is 1. The van der Waals surface area contributed by atoms with E-state index in [-0.39, 0.29) is 0 Å². The number of aromatic amines is 1. The van der Waals surface area contributed by atoms with Crippen molar-refractivity contribution in [3.63, 3.8) is 0 Å². The Morgan fingerprint density at radius 2 is 1.91 bits per heavy atom. The molecule has 1 saturated heterocycles. The maximum Gasteiger partial charge on any atom is 0.187 e. The molecule has 172 valence electrons. The van der Waals surface area contributed by atoms with Crippen LogP contribution in [0.25, 0.3) is 11.0 Å². The highest BCUT2D eigenvalue weighted by Gasteiger charge is 2.23. The average Bonchev–Trinajstić information content (AvgIpc) is 3.17. The van der Waals surface area contributed by atoms with E-state index in [1.54, 1.807) is 6.33 Å². The van der Waals surface area contributed by atoms with Gasteiger partial charge in [-0.15, -0.1) is 0 Å². The molecule has 2 aromatic heterocycles. The molecule has 32 heavy (non-hydrogen) atoms. The Balaban J connectivity index is 1.46. The van der Waals surface area contributed by atoms with E-state index in [2.05, 4.69) is 90.0 Å². The summed E-state index contributed by atoms with van der Waals surface area (Å²) in [5.41, 5.74) is 4.20. The molecule has 0 unspecified atom stereocenters. The van der Waals surface area contributed by atoms with Crippen molar-refractivity contribution in [3.8, 4) is 0 Å². The lowest BCUT2D eigenvalue weighted by Crippen LogP contribution is -2.47. The van der Waals surface area contributed by atoms with Gasteiger partial charge in [0.15, 0.2) is 5.65 Å². The summed E-state index contributed by atoms with van der Waals surface area (Å²) in [5.74, 6) is 0.912. The summed E-state index contributed by atoms with van der Waals surface area (Å²) < 4.78 is 0.815. The minimum Gasteiger partial charge on any atom is -0.383 e. The zero-order valence-electron chi connectivity index (χ0n) is 19.0. The molecule has 1 aliphatic rings. The second kappa shape index (κ2) is 9.80. The number of fused-ring (bicyclic) bond motifs is 1. The highest BCUT2D eigenvalue weighted by Crippen LogP contribution is 2.33. The number of rotatable bonds is 7. The van der Waals surface area contributed by atoms with Crippen molar-refractivity contribution < 1.29 is 0 Å². The SMILES string of the molecule is Cc1c(NCCN(C)C(C)C)cc(Cl)cc1N1CCN(c2ncnc3n[nH]c(Br)c23)CC1. The lowest BCUT2D eigenvalue weighted by molar-refractivity contribution is 0.284. The first-order chi connectivity index (χ1) is 15.3. The maximum atomic E-state index is 6.51. The number of halogens is 2. The molecule has 0 bridgehead atoms. The third-order valence-electron chi connectivity index (χ3n) is 6.21. The fraction of sp³-hybridized carbons (Fsp3) is 0.500. The molecule has 1 aromatic carbocycles. The second-order valence-electron chi connectivity index (χ2n) is 8.51. The number of H-pyrrole nitrogens is 1. The molecule has 0 saturated carbocycles. The smallest absolute Gasteiger partial charge is 0.187 e. The summed E-state index contributed by atoms with van der Waals surface area (Å²) in [6.07, 6.45) is 1.58. The number of nitrogens with one attached hydrogen (secondary N) is 2. The Hall–Kier alpha value is -2.10. The number of hydrogen-bond acceptors (Lipinski definition) is 7. The van der Waals surface area contributed by atoms with Crippen LogP contribution in [0, 0.1) is 6.92 Å². The van der Waals surface area contributed by atoms with E-state index in [0.717, 1.165) is 65.8 Å². The quantitative estimate of drug-likeness (QED) is 0.483. The Labute approximate surface area is 202 Å². The van der Waals surface area contributed by atoms with Gasteiger partial charge in [-0.25, -0.2) is 9.97 Å². The van der Waals surface area contributed by atoms with E-state index in [9.17, 15) is 0 Å². The first-order valence-corrected chi connectivity index (χ1v) is 12.1. The van der Waals surface area contributed by atoms with Gasteiger partial charge in [0, 0.05) is 61.7 Å².